The molecule has 0 bridgehead atoms. The molecule has 1 atom stereocenters. The Kier molecular flexibility index (Phi) is 4.39. The molecule has 2 aromatic rings. The van der Waals surface area contributed by atoms with E-state index in [4.69, 9.17) is 5.73 Å². The average Bonchev–Trinajstić information content (AvgIpc) is 2.43. The van der Waals surface area contributed by atoms with E-state index in [1.165, 1.54) is 5.56 Å². The Hall–Kier alpha value is -2.03. The minimum Gasteiger partial charge on any atom is -0.398 e. The van der Waals surface area contributed by atoms with Crippen LogP contribution in [-0.4, -0.2) is 11.5 Å². The largest absolute Gasteiger partial charge is 0.398 e. The number of nitrogens with one attached hydrogen (secondary N) is 1. The van der Waals surface area contributed by atoms with Crippen LogP contribution in [0.5, 0.6) is 0 Å². The van der Waals surface area contributed by atoms with Crippen LogP contribution in [0.2, 0.25) is 0 Å². The van der Waals surface area contributed by atoms with Gasteiger partial charge in [-0.2, -0.15) is 0 Å². The number of nitrogens with zero attached hydrogens (tertiary/aromatic N) is 1. The molecule has 1 aromatic heterocycles. The number of benzene rings is 1. The van der Waals surface area contributed by atoms with Gasteiger partial charge in [0.2, 0.25) is 0 Å². The first kappa shape index (κ1) is 13.4. The lowest BCUT2D eigenvalue weighted by molar-refractivity contribution is 0.705. The summed E-state index contributed by atoms with van der Waals surface area (Å²) in [5.41, 5.74) is 9.04. The molecule has 0 radical (unpaired) electrons. The van der Waals surface area contributed by atoms with Gasteiger partial charge in [0.05, 0.1) is 0 Å². The summed E-state index contributed by atoms with van der Waals surface area (Å²) in [5, 5.41) is 3.32. The first-order chi connectivity index (χ1) is 9.16. The van der Waals surface area contributed by atoms with Gasteiger partial charge in [-0.25, -0.2) is 4.98 Å². The van der Waals surface area contributed by atoms with Gasteiger partial charge in [-0.15, -0.1) is 0 Å². The van der Waals surface area contributed by atoms with Crippen molar-refractivity contribution >= 4 is 11.5 Å². The summed E-state index contributed by atoms with van der Waals surface area (Å²) in [5.74, 6) is 1.39. The molecule has 0 spiro atoms. The third-order valence-corrected chi connectivity index (χ3v) is 3.40. The number of aryl methyl sites for hydroxylation is 1. The number of hydrogen-bond acceptors (Lipinski definition) is 3. The molecule has 3 N–H and O–H groups in total. The predicted octanol–water partition coefficient (Wildman–Crippen LogP) is 3.58. The zero-order chi connectivity index (χ0) is 13.7. The SMILES string of the molecule is Cc1cnc(NCCC(C)c2ccccc2)cc1N. The summed E-state index contributed by atoms with van der Waals surface area (Å²) >= 11 is 0. The molecule has 0 fully saturated rings. The molecule has 0 saturated carbocycles. The monoisotopic (exact) mass is 255 g/mol. The lowest BCUT2D eigenvalue weighted by Gasteiger charge is -2.13. The summed E-state index contributed by atoms with van der Waals surface area (Å²) in [6, 6.07) is 12.5. The van der Waals surface area contributed by atoms with E-state index in [1.807, 2.05) is 19.1 Å². The smallest absolute Gasteiger partial charge is 0.127 e. The molecule has 0 aliphatic carbocycles. The topological polar surface area (TPSA) is 50.9 Å². The lowest BCUT2D eigenvalue weighted by Crippen LogP contribution is -2.07. The lowest BCUT2D eigenvalue weighted by atomic mass is 9.98. The summed E-state index contributed by atoms with van der Waals surface area (Å²) in [6.07, 6.45) is 2.87. The van der Waals surface area contributed by atoms with Crippen molar-refractivity contribution in [1.82, 2.24) is 4.98 Å². The molecule has 3 heteroatoms. The van der Waals surface area contributed by atoms with Crippen molar-refractivity contribution in [2.24, 2.45) is 0 Å². The Balaban J connectivity index is 1.85. The van der Waals surface area contributed by atoms with Crippen LogP contribution in [0.15, 0.2) is 42.6 Å². The third kappa shape index (κ3) is 3.71. The summed E-state index contributed by atoms with van der Waals surface area (Å²) in [7, 11) is 0. The van der Waals surface area contributed by atoms with Crippen LogP contribution >= 0.6 is 0 Å². The molecular weight excluding hydrogens is 234 g/mol. The number of hydrogen-bond donors (Lipinski definition) is 2. The molecule has 1 unspecified atom stereocenters. The normalized spacial score (nSPS) is 12.1. The molecule has 0 aliphatic heterocycles. The fourth-order valence-electron chi connectivity index (χ4n) is 2.00. The first-order valence-electron chi connectivity index (χ1n) is 6.68. The Morgan fingerprint density at radius 2 is 2.00 bits per heavy atom. The van der Waals surface area contributed by atoms with Crippen LogP contribution in [-0.2, 0) is 0 Å². The maximum Gasteiger partial charge on any atom is 0.127 e. The van der Waals surface area contributed by atoms with Crippen LogP contribution < -0.4 is 11.1 Å². The number of anilines is 2. The van der Waals surface area contributed by atoms with Crippen LogP contribution in [0.4, 0.5) is 11.5 Å². The van der Waals surface area contributed by atoms with Gasteiger partial charge in [-0.3, -0.25) is 0 Å². The first-order valence-corrected chi connectivity index (χ1v) is 6.68. The summed E-state index contributed by atoms with van der Waals surface area (Å²) in [6.45, 7) is 5.10. The molecule has 1 aromatic carbocycles. The van der Waals surface area contributed by atoms with Crippen LogP contribution in [0, 0.1) is 6.92 Å². The number of pyridine rings is 1. The minimum absolute atomic E-state index is 0.538. The van der Waals surface area contributed by atoms with Gasteiger partial charge in [0, 0.05) is 24.5 Å². The van der Waals surface area contributed by atoms with Crippen molar-refractivity contribution in [3.8, 4) is 0 Å². The molecule has 0 saturated heterocycles. The van der Waals surface area contributed by atoms with E-state index >= 15 is 0 Å². The summed E-state index contributed by atoms with van der Waals surface area (Å²) < 4.78 is 0. The predicted molar refractivity (Wildman–Crippen MR) is 81.4 cm³/mol. The van der Waals surface area contributed by atoms with E-state index in [1.54, 1.807) is 6.20 Å². The van der Waals surface area contributed by atoms with Crippen molar-refractivity contribution in [3.05, 3.63) is 53.7 Å². The Morgan fingerprint density at radius 3 is 2.68 bits per heavy atom. The van der Waals surface area contributed by atoms with Crippen molar-refractivity contribution in [3.63, 3.8) is 0 Å². The van der Waals surface area contributed by atoms with Gasteiger partial charge in [0.15, 0.2) is 0 Å². The zero-order valence-electron chi connectivity index (χ0n) is 11.6. The fraction of sp³-hybridized carbons (Fsp3) is 0.312. The standard InChI is InChI=1S/C16H21N3/c1-12(14-6-4-3-5-7-14)8-9-18-16-10-15(17)13(2)11-19-16/h3-7,10-12H,8-9H2,1-2H3,(H3,17,18,19). The second-order valence-electron chi connectivity index (χ2n) is 4.95. The van der Waals surface area contributed by atoms with E-state index in [-0.39, 0.29) is 0 Å². The molecule has 0 aliphatic rings. The highest BCUT2D eigenvalue weighted by atomic mass is 15.0. The minimum atomic E-state index is 0.538. The molecule has 3 nitrogen and oxygen atoms in total. The molecular formula is C16H21N3. The number of nitrogen functional groups attached to an aromatic ring is 1. The highest BCUT2D eigenvalue weighted by Crippen LogP contribution is 2.19. The van der Waals surface area contributed by atoms with Gasteiger partial charge < -0.3 is 11.1 Å². The second-order valence-corrected chi connectivity index (χ2v) is 4.95. The molecule has 2 rings (SSSR count). The van der Waals surface area contributed by atoms with E-state index in [0.29, 0.717) is 5.92 Å². The van der Waals surface area contributed by atoms with Gasteiger partial charge in [0.1, 0.15) is 5.82 Å². The average molecular weight is 255 g/mol. The van der Waals surface area contributed by atoms with Crippen LogP contribution in [0.3, 0.4) is 0 Å². The van der Waals surface area contributed by atoms with Crippen LogP contribution in [0.1, 0.15) is 30.4 Å². The van der Waals surface area contributed by atoms with Gasteiger partial charge in [-0.05, 0) is 30.4 Å². The molecule has 1 heterocycles. The molecule has 100 valence electrons. The van der Waals surface area contributed by atoms with E-state index < -0.39 is 0 Å². The Morgan fingerprint density at radius 1 is 1.26 bits per heavy atom. The van der Waals surface area contributed by atoms with Crippen LogP contribution in [0.25, 0.3) is 0 Å². The molecule has 0 amide bonds. The quantitative estimate of drug-likeness (QED) is 0.858. The number of rotatable bonds is 5. The summed E-state index contributed by atoms with van der Waals surface area (Å²) in [4.78, 5) is 4.32. The highest BCUT2D eigenvalue weighted by Gasteiger charge is 2.04. The van der Waals surface area contributed by atoms with Gasteiger partial charge in [0.25, 0.3) is 0 Å². The van der Waals surface area contributed by atoms with Gasteiger partial charge >= 0.3 is 0 Å². The third-order valence-electron chi connectivity index (χ3n) is 3.40. The maximum atomic E-state index is 5.86. The van der Waals surface area contributed by atoms with E-state index in [9.17, 15) is 0 Å². The zero-order valence-corrected chi connectivity index (χ0v) is 11.6. The number of aromatic nitrogens is 1. The van der Waals surface area contributed by atoms with E-state index in [0.717, 1.165) is 30.0 Å². The van der Waals surface area contributed by atoms with E-state index in [2.05, 4.69) is 41.5 Å². The van der Waals surface area contributed by atoms with Crippen molar-refractivity contribution in [2.45, 2.75) is 26.2 Å². The second kappa shape index (κ2) is 6.23. The molecule has 19 heavy (non-hydrogen) atoms. The maximum absolute atomic E-state index is 5.86. The Bertz CT molecular complexity index is 523. The van der Waals surface area contributed by atoms with Crippen molar-refractivity contribution in [1.29, 1.82) is 0 Å². The highest BCUT2D eigenvalue weighted by molar-refractivity contribution is 5.53. The fourth-order valence-corrected chi connectivity index (χ4v) is 2.00. The van der Waals surface area contributed by atoms with Gasteiger partial charge in [-0.1, -0.05) is 37.3 Å². The van der Waals surface area contributed by atoms with Crippen molar-refractivity contribution in [2.75, 3.05) is 17.6 Å². The van der Waals surface area contributed by atoms with Crippen molar-refractivity contribution < 1.29 is 0 Å². The Labute approximate surface area is 114 Å². The number of nitrogens with two attached hydrogens (primary N) is 1.